The standard InChI is InChI=1S/C31H38ClN3O4S/c1-5-24(4)33-31(37)28(6-2)34(21-20-25-13-8-7-9-14-25)30(36)22-35(29-15-11-10-12-23(29)3)40(38,39)27-18-16-26(32)17-19-27/h7-19,24,28H,5-6,20-22H2,1-4H3,(H,33,37)/t24-,28+/m1/s1. The maximum atomic E-state index is 14.1. The van der Waals surface area contributed by atoms with Gasteiger partial charge in [-0.05, 0) is 74.6 Å². The monoisotopic (exact) mass is 583 g/mol. The van der Waals surface area contributed by atoms with E-state index in [4.69, 9.17) is 11.6 Å². The van der Waals surface area contributed by atoms with Gasteiger partial charge < -0.3 is 10.2 Å². The van der Waals surface area contributed by atoms with Gasteiger partial charge in [0, 0.05) is 17.6 Å². The molecule has 214 valence electrons. The van der Waals surface area contributed by atoms with Crippen molar-refractivity contribution >= 4 is 39.1 Å². The molecular formula is C31H38ClN3O4S. The van der Waals surface area contributed by atoms with E-state index in [-0.39, 0.29) is 23.4 Å². The number of nitrogens with one attached hydrogen (secondary N) is 1. The highest BCUT2D eigenvalue weighted by Gasteiger charge is 2.34. The molecule has 0 radical (unpaired) electrons. The van der Waals surface area contributed by atoms with Gasteiger partial charge in [0.2, 0.25) is 11.8 Å². The highest BCUT2D eigenvalue weighted by atomic mass is 35.5. The number of amides is 2. The highest BCUT2D eigenvalue weighted by Crippen LogP contribution is 2.28. The fourth-order valence-corrected chi connectivity index (χ4v) is 6.03. The van der Waals surface area contributed by atoms with Crippen molar-refractivity contribution < 1.29 is 18.0 Å². The summed E-state index contributed by atoms with van der Waals surface area (Å²) in [5.74, 6) is -0.705. The lowest BCUT2D eigenvalue weighted by molar-refractivity contribution is -0.139. The van der Waals surface area contributed by atoms with Crippen LogP contribution in [-0.4, -0.2) is 50.3 Å². The second-order valence-corrected chi connectivity index (χ2v) is 12.1. The molecule has 0 spiro atoms. The van der Waals surface area contributed by atoms with E-state index in [9.17, 15) is 18.0 Å². The van der Waals surface area contributed by atoms with E-state index in [0.29, 0.717) is 29.1 Å². The molecule has 3 aromatic rings. The topological polar surface area (TPSA) is 86.8 Å². The van der Waals surface area contributed by atoms with Crippen molar-refractivity contribution in [1.82, 2.24) is 10.2 Å². The minimum absolute atomic E-state index is 0.0188. The molecule has 0 fully saturated rings. The minimum Gasteiger partial charge on any atom is -0.352 e. The van der Waals surface area contributed by atoms with Crippen LogP contribution in [0.1, 0.15) is 44.7 Å². The van der Waals surface area contributed by atoms with Gasteiger partial charge in [0.1, 0.15) is 12.6 Å². The smallest absolute Gasteiger partial charge is 0.264 e. The van der Waals surface area contributed by atoms with E-state index in [1.165, 1.54) is 29.2 Å². The number of anilines is 1. The molecule has 3 aromatic carbocycles. The number of para-hydroxylation sites is 1. The zero-order chi connectivity index (χ0) is 29.3. The Kier molecular flexibility index (Phi) is 11.2. The van der Waals surface area contributed by atoms with E-state index in [1.807, 2.05) is 57.2 Å². The predicted molar refractivity (Wildman–Crippen MR) is 161 cm³/mol. The average Bonchev–Trinajstić information content (AvgIpc) is 2.94. The minimum atomic E-state index is -4.14. The summed E-state index contributed by atoms with van der Waals surface area (Å²) in [5.41, 5.74) is 2.11. The molecule has 0 heterocycles. The molecular weight excluding hydrogens is 546 g/mol. The number of rotatable bonds is 13. The Morgan fingerprint density at radius 3 is 2.12 bits per heavy atom. The van der Waals surface area contributed by atoms with Crippen LogP contribution in [0.4, 0.5) is 5.69 Å². The summed E-state index contributed by atoms with van der Waals surface area (Å²) in [7, 11) is -4.14. The van der Waals surface area contributed by atoms with Crippen LogP contribution in [0.2, 0.25) is 5.02 Å². The highest BCUT2D eigenvalue weighted by molar-refractivity contribution is 7.92. The Bertz CT molecular complexity index is 1380. The largest absolute Gasteiger partial charge is 0.352 e. The van der Waals surface area contributed by atoms with Gasteiger partial charge in [0.15, 0.2) is 0 Å². The van der Waals surface area contributed by atoms with Crippen molar-refractivity contribution in [2.24, 2.45) is 0 Å². The number of carbonyl (C=O) groups is 2. The van der Waals surface area contributed by atoms with Gasteiger partial charge >= 0.3 is 0 Å². The van der Waals surface area contributed by atoms with E-state index in [2.05, 4.69) is 5.32 Å². The SMILES string of the molecule is CC[C@@H](C)NC(=O)[C@H](CC)N(CCc1ccccc1)C(=O)CN(c1ccccc1C)S(=O)(=O)c1ccc(Cl)cc1. The van der Waals surface area contributed by atoms with E-state index < -0.39 is 28.5 Å². The fourth-order valence-electron chi connectivity index (χ4n) is 4.43. The van der Waals surface area contributed by atoms with Gasteiger partial charge in [-0.1, -0.05) is 74.0 Å². The molecule has 0 aliphatic carbocycles. The van der Waals surface area contributed by atoms with Crippen molar-refractivity contribution in [3.63, 3.8) is 0 Å². The van der Waals surface area contributed by atoms with Crippen LogP contribution in [0.15, 0.2) is 83.8 Å². The molecule has 0 saturated carbocycles. The summed E-state index contributed by atoms with van der Waals surface area (Å²) in [6, 6.07) is 21.8. The third-order valence-corrected chi connectivity index (χ3v) is 8.96. The number of halogens is 1. The first-order chi connectivity index (χ1) is 19.1. The molecule has 0 aliphatic heterocycles. The van der Waals surface area contributed by atoms with Crippen LogP contribution in [-0.2, 0) is 26.0 Å². The third-order valence-electron chi connectivity index (χ3n) is 6.94. The lowest BCUT2D eigenvalue weighted by Crippen LogP contribution is -2.54. The average molecular weight is 584 g/mol. The number of benzene rings is 3. The maximum absolute atomic E-state index is 14.1. The van der Waals surface area contributed by atoms with E-state index in [0.717, 1.165) is 16.3 Å². The number of sulfonamides is 1. The zero-order valence-electron chi connectivity index (χ0n) is 23.5. The Morgan fingerprint density at radius 1 is 0.900 bits per heavy atom. The lowest BCUT2D eigenvalue weighted by atomic mass is 10.1. The summed E-state index contributed by atoms with van der Waals surface area (Å²) >= 11 is 6.01. The fraction of sp³-hybridized carbons (Fsp3) is 0.355. The quantitative estimate of drug-likeness (QED) is 0.283. The Labute approximate surface area is 243 Å². The first kappa shape index (κ1) is 31.2. The van der Waals surface area contributed by atoms with Crippen LogP contribution >= 0.6 is 11.6 Å². The van der Waals surface area contributed by atoms with Crippen molar-refractivity contribution in [3.8, 4) is 0 Å². The van der Waals surface area contributed by atoms with Crippen molar-refractivity contribution in [2.75, 3.05) is 17.4 Å². The summed E-state index contributed by atoms with van der Waals surface area (Å²) in [6.07, 6.45) is 1.66. The summed E-state index contributed by atoms with van der Waals surface area (Å²) in [4.78, 5) is 28.9. The number of carbonyl (C=O) groups excluding carboxylic acids is 2. The normalized spacial score (nSPS) is 12.8. The van der Waals surface area contributed by atoms with Crippen LogP contribution in [0.3, 0.4) is 0 Å². The van der Waals surface area contributed by atoms with Gasteiger partial charge in [-0.25, -0.2) is 8.42 Å². The van der Waals surface area contributed by atoms with Gasteiger partial charge in [-0.2, -0.15) is 0 Å². The summed E-state index contributed by atoms with van der Waals surface area (Å²) in [5, 5.41) is 3.40. The predicted octanol–water partition coefficient (Wildman–Crippen LogP) is 5.61. The second-order valence-electron chi connectivity index (χ2n) is 9.82. The summed E-state index contributed by atoms with van der Waals surface area (Å²) in [6.45, 7) is 7.35. The molecule has 1 N–H and O–H groups in total. The molecule has 40 heavy (non-hydrogen) atoms. The lowest BCUT2D eigenvalue weighted by Gasteiger charge is -2.34. The van der Waals surface area contributed by atoms with Gasteiger partial charge in [-0.3, -0.25) is 13.9 Å². The van der Waals surface area contributed by atoms with Crippen molar-refractivity contribution in [2.45, 2.75) is 63.9 Å². The molecule has 0 unspecified atom stereocenters. The number of hydrogen-bond donors (Lipinski definition) is 1. The molecule has 0 bridgehead atoms. The molecule has 7 nitrogen and oxygen atoms in total. The molecule has 0 aliphatic rings. The maximum Gasteiger partial charge on any atom is 0.264 e. The Morgan fingerprint density at radius 2 is 1.52 bits per heavy atom. The molecule has 0 saturated heterocycles. The van der Waals surface area contributed by atoms with Crippen molar-refractivity contribution in [1.29, 1.82) is 0 Å². The van der Waals surface area contributed by atoms with Gasteiger partial charge in [-0.15, -0.1) is 0 Å². The third kappa shape index (κ3) is 7.86. The first-order valence-electron chi connectivity index (χ1n) is 13.6. The molecule has 9 heteroatoms. The second kappa shape index (κ2) is 14.3. The van der Waals surface area contributed by atoms with Crippen LogP contribution in [0.25, 0.3) is 0 Å². The molecule has 0 aromatic heterocycles. The number of nitrogens with zero attached hydrogens (tertiary/aromatic N) is 2. The molecule has 2 amide bonds. The zero-order valence-corrected chi connectivity index (χ0v) is 25.1. The van der Waals surface area contributed by atoms with Gasteiger partial charge in [0.05, 0.1) is 10.6 Å². The van der Waals surface area contributed by atoms with E-state index in [1.54, 1.807) is 25.1 Å². The molecule has 3 rings (SSSR count). The first-order valence-corrected chi connectivity index (χ1v) is 15.4. The van der Waals surface area contributed by atoms with E-state index >= 15 is 0 Å². The van der Waals surface area contributed by atoms with Crippen LogP contribution in [0.5, 0.6) is 0 Å². The molecule has 2 atom stereocenters. The Balaban J connectivity index is 2.02. The van der Waals surface area contributed by atoms with Crippen LogP contribution in [0, 0.1) is 6.92 Å². The number of aryl methyl sites for hydroxylation is 1. The van der Waals surface area contributed by atoms with Gasteiger partial charge in [0.25, 0.3) is 10.0 Å². The Hall–Kier alpha value is -3.36. The van der Waals surface area contributed by atoms with Crippen LogP contribution < -0.4 is 9.62 Å². The number of hydrogen-bond acceptors (Lipinski definition) is 4. The summed E-state index contributed by atoms with van der Waals surface area (Å²) < 4.78 is 29.0. The van der Waals surface area contributed by atoms with Crippen molar-refractivity contribution in [3.05, 3.63) is 95.0 Å².